The van der Waals surface area contributed by atoms with E-state index in [9.17, 15) is 0 Å². The Morgan fingerprint density at radius 2 is 1.95 bits per heavy atom. The molecule has 1 heterocycles. The van der Waals surface area contributed by atoms with Crippen LogP contribution in [0, 0.1) is 13.8 Å². The zero-order valence-corrected chi connectivity index (χ0v) is 13.2. The molecule has 1 aromatic carbocycles. The van der Waals surface area contributed by atoms with Gasteiger partial charge in [-0.2, -0.15) is 0 Å². The van der Waals surface area contributed by atoms with Gasteiger partial charge in [0, 0.05) is 38.8 Å². The van der Waals surface area contributed by atoms with Crippen molar-refractivity contribution >= 4 is 0 Å². The van der Waals surface area contributed by atoms with Crippen molar-refractivity contribution in [3.63, 3.8) is 0 Å². The van der Waals surface area contributed by atoms with E-state index in [2.05, 4.69) is 48.8 Å². The molecule has 20 heavy (non-hydrogen) atoms. The van der Waals surface area contributed by atoms with Crippen molar-refractivity contribution in [3.05, 3.63) is 34.9 Å². The highest BCUT2D eigenvalue weighted by Crippen LogP contribution is 2.25. The minimum atomic E-state index is 0.508. The molecule has 1 saturated heterocycles. The molecule has 1 aliphatic heterocycles. The second-order valence-corrected chi connectivity index (χ2v) is 6.06. The Labute approximate surface area is 123 Å². The molecule has 112 valence electrons. The zero-order chi connectivity index (χ0) is 14.5. The normalized spacial score (nSPS) is 19.8. The monoisotopic (exact) mass is 275 g/mol. The lowest BCUT2D eigenvalue weighted by Crippen LogP contribution is -2.34. The SMILES string of the molecule is Cc1ccc(C(C)N2CCCN(CCN)CC2)c(C)c1. The summed E-state index contributed by atoms with van der Waals surface area (Å²) in [4.78, 5) is 5.11. The topological polar surface area (TPSA) is 32.5 Å². The average molecular weight is 275 g/mol. The first-order valence-electron chi connectivity index (χ1n) is 7.85. The molecule has 0 aliphatic carbocycles. The van der Waals surface area contributed by atoms with E-state index in [-0.39, 0.29) is 0 Å². The summed E-state index contributed by atoms with van der Waals surface area (Å²) in [6, 6.07) is 7.34. The molecule has 1 aliphatic rings. The van der Waals surface area contributed by atoms with Crippen LogP contribution in [0.2, 0.25) is 0 Å². The zero-order valence-electron chi connectivity index (χ0n) is 13.2. The maximum atomic E-state index is 5.67. The van der Waals surface area contributed by atoms with Crippen LogP contribution >= 0.6 is 0 Å². The van der Waals surface area contributed by atoms with Crippen LogP contribution in [0.25, 0.3) is 0 Å². The summed E-state index contributed by atoms with van der Waals surface area (Å²) in [5.74, 6) is 0. The van der Waals surface area contributed by atoms with Gasteiger partial charge < -0.3 is 10.6 Å². The van der Waals surface area contributed by atoms with E-state index >= 15 is 0 Å². The summed E-state index contributed by atoms with van der Waals surface area (Å²) in [6.07, 6.45) is 1.25. The number of nitrogens with zero attached hydrogens (tertiary/aromatic N) is 2. The second-order valence-electron chi connectivity index (χ2n) is 6.06. The van der Waals surface area contributed by atoms with Crippen LogP contribution in [0.4, 0.5) is 0 Å². The summed E-state index contributed by atoms with van der Waals surface area (Å²) < 4.78 is 0. The number of benzene rings is 1. The van der Waals surface area contributed by atoms with E-state index in [1.54, 1.807) is 0 Å². The quantitative estimate of drug-likeness (QED) is 0.915. The van der Waals surface area contributed by atoms with Crippen LogP contribution in [-0.4, -0.2) is 49.1 Å². The first-order valence-corrected chi connectivity index (χ1v) is 7.85. The van der Waals surface area contributed by atoms with Crippen molar-refractivity contribution in [1.82, 2.24) is 9.80 Å². The summed E-state index contributed by atoms with van der Waals surface area (Å²) >= 11 is 0. The van der Waals surface area contributed by atoms with Gasteiger partial charge >= 0.3 is 0 Å². The Balaban J connectivity index is 2.03. The molecule has 0 aromatic heterocycles. The fourth-order valence-corrected chi connectivity index (χ4v) is 3.28. The molecule has 3 heteroatoms. The van der Waals surface area contributed by atoms with Gasteiger partial charge in [0.05, 0.1) is 0 Å². The Hall–Kier alpha value is -0.900. The Kier molecular flexibility index (Phi) is 5.58. The van der Waals surface area contributed by atoms with Crippen LogP contribution in [0.15, 0.2) is 18.2 Å². The number of hydrogen-bond donors (Lipinski definition) is 1. The third kappa shape index (κ3) is 3.81. The van der Waals surface area contributed by atoms with Crippen LogP contribution in [0.1, 0.15) is 36.1 Å². The van der Waals surface area contributed by atoms with E-state index in [1.165, 1.54) is 36.2 Å². The lowest BCUT2D eigenvalue weighted by molar-refractivity contribution is 0.211. The van der Waals surface area contributed by atoms with Crippen molar-refractivity contribution in [3.8, 4) is 0 Å². The summed E-state index contributed by atoms with van der Waals surface area (Å²) in [5, 5.41) is 0. The molecule has 1 aromatic rings. The number of nitrogens with two attached hydrogens (primary N) is 1. The minimum Gasteiger partial charge on any atom is -0.329 e. The predicted octanol–water partition coefficient (Wildman–Crippen LogP) is 2.33. The molecular weight excluding hydrogens is 246 g/mol. The van der Waals surface area contributed by atoms with Gasteiger partial charge in [-0.25, -0.2) is 0 Å². The van der Waals surface area contributed by atoms with E-state index in [0.717, 1.165) is 26.2 Å². The van der Waals surface area contributed by atoms with Gasteiger partial charge in [-0.05, 0) is 44.9 Å². The number of hydrogen-bond acceptors (Lipinski definition) is 3. The van der Waals surface area contributed by atoms with Crippen LogP contribution in [0.5, 0.6) is 0 Å². The molecule has 2 rings (SSSR count). The smallest absolute Gasteiger partial charge is 0.0323 e. The van der Waals surface area contributed by atoms with Crippen LogP contribution < -0.4 is 5.73 Å². The van der Waals surface area contributed by atoms with E-state index < -0.39 is 0 Å². The lowest BCUT2D eigenvalue weighted by atomic mass is 9.99. The molecule has 0 bridgehead atoms. The third-order valence-corrected chi connectivity index (χ3v) is 4.49. The standard InChI is InChI=1S/C17H29N3/c1-14-5-6-17(15(2)13-14)16(3)20-9-4-8-19(10-7-18)11-12-20/h5-6,13,16H,4,7-12,18H2,1-3H3. The average Bonchev–Trinajstić information content (AvgIpc) is 2.64. The molecular formula is C17H29N3. The van der Waals surface area contributed by atoms with Gasteiger partial charge in [-0.15, -0.1) is 0 Å². The van der Waals surface area contributed by atoms with Gasteiger partial charge in [-0.1, -0.05) is 23.8 Å². The molecule has 1 atom stereocenters. The molecule has 3 nitrogen and oxygen atoms in total. The highest BCUT2D eigenvalue weighted by molar-refractivity contribution is 5.32. The van der Waals surface area contributed by atoms with Gasteiger partial charge in [0.15, 0.2) is 0 Å². The van der Waals surface area contributed by atoms with E-state index in [4.69, 9.17) is 5.73 Å². The lowest BCUT2D eigenvalue weighted by Gasteiger charge is -2.29. The highest BCUT2D eigenvalue weighted by atomic mass is 15.2. The fourth-order valence-electron chi connectivity index (χ4n) is 3.28. The van der Waals surface area contributed by atoms with Gasteiger partial charge in [0.1, 0.15) is 0 Å². The third-order valence-electron chi connectivity index (χ3n) is 4.49. The second kappa shape index (κ2) is 7.21. The Morgan fingerprint density at radius 1 is 1.15 bits per heavy atom. The van der Waals surface area contributed by atoms with Crippen LogP contribution in [-0.2, 0) is 0 Å². The molecule has 0 amide bonds. The number of rotatable bonds is 4. The van der Waals surface area contributed by atoms with E-state index in [0.29, 0.717) is 6.04 Å². The van der Waals surface area contributed by atoms with Gasteiger partial charge in [-0.3, -0.25) is 4.90 Å². The van der Waals surface area contributed by atoms with Gasteiger partial charge in [0.2, 0.25) is 0 Å². The molecule has 2 N–H and O–H groups in total. The molecule has 0 radical (unpaired) electrons. The summed E-state index contributed by atoms with van der Waals surface area (Å²) in [7, 11) is 0. The largest absolute Gasteiger partial charge is 0.329 e. The first kappa shape index (κ1) is 15.5. The van der Waals surface area contributed by atoms with Crippen LogP contribution in [0.3, 0.4) is 0 Å². The molecule has 1 unspecified atom stereocenters. The summed E-state index contributed by atoms with van der Waals surface area (Å²) in [5.41, 5.74) is 9.92. The Morgan fingerprint density at radius 3 is 2.65 bits per heavy atom. The molecule has 0 saturated carbocycles. The first-order chi connectivity index (χ1) is 9.61. The van der Waals surface area contributed by atoms with E-state index in [1.807, 2.05) is 0 Å². The van der Waals surface area contributed by atoms with Crippen molar-refractivity contribution < 1.29 is 0 Å². The minimum absolute atomic E-state index is 0.508. The van der Waals surface area contributed by atoms with Crippen molar-refractivity contribution in [2.45, 2.75) is 33.2 Å². The van der Waals surface area contributed by atoms with Crippen molar-refractivity contribution in [2.75, 3.05) is 39.3 Å². The van der Waals surface area contributed by atoms with Crippen molar-refractivity contribution in [2.24, 2.45) is 5.73 Å². The maximum absolute atomic E-state index is 5.67. The maximum Gasteiger partial charge on any atom is 0.0323 e. The van der Waals surface area contributed by atoms with Gasteiger partial charge in [0.25, 0.3) is 0 Å². The highest BCUT2D eigenvalue weighted by Gasteiger charge is 2.20. The molecule has 1 fully saturated rings. The fraction of sp³-hybridized carbons (Fsp3) is 0.647. The molecule has 0 spiro atoms. The van der Waals surface area contributed by atoms with Crippen molar-refractivity contribution in [1.29, 1.82) is 0 Å². The predicted molar refractivity (Wildman–Crippen MR) is 86.0 cm³/mol. The number of aryl methyl sites for hydroxylation is 2. The Bertz CT molecular complexity index is 430. The summed E-state index contributed by atoms with van der Waals surface area (Å²) in [6.45, 7) is 13.2.